The summed E-state index contributed by atoms with van der Waals surface area (Å²) in [6, 6.07) is 8.22. The molecule has 2 aromatic rings. The van der Waals surface area contributed by atoms with E-state index in [9.17, 15) is 0 Å². The quantitative estimate of drug-likeness (QED) is 0.688. The summed E-state index contributed by atoms with van der Waals surface area (Å²) >= 11 is 0. The van der Waals surface area contributed by atoms with E-state index in [2.05, 4.69) is 37.7 Å². The largest absolute Gasteiger partial charge is 0.403 e. The molecule has 7 heteroatoms. The highest BCUT2D eigenvalue weighted by Crippen LogP contribution is 2.21. The van der Waals surface area contributed by atoms with Gasteiger partial charge < -0.3 is 10.2 Å². The molecule has 116 valence electrons. The lowest BCUT2D eigenvalue weighted by molar-refractivity contribution is -0.665. The van der Waals surface area contributed by atoms with E-state index in [0.717, 1.165) is 43.6 Å². The van der Waals surface area contributed by atoms with Gasteiger partial charge in [0.2, 0.25) is 5.82 Å². The van der Waals surface area contributed by atoms with Gasteiger partial charge in [-0.05, 0) is 29.4 Å². The van der Waals surface area contributed by atoms with Gasteiger partial charge in [0.15, 0.2) is 0 Å². The van der Waals surface area contributed by atoms with Gasteiger partial charge >= 0.3 is 5.95 Å². The van der Waals surface area contributed by atoms with E-state index >= 15 is 0 Å². The van der Waals surface area contributed by atoms with Crippen molar-refractivity contribution in [3.8, 4) is 0 Å². The number of aromatic nitrogens is 3. The van der Waals surface area contributed by atoms with Crippen LogP contribution in [-0.2, 0) is 14.1 Å². The molecule has 3 rings (SSSR count). The molecule has 0 radical (unpaired) electrons. The fraction of sp³-hybridized carbons (Fsp3) is 0.467. The van der Waals surface area contributed by atoms with Crippen LogP contribution in [0.1, 0.15) is 5.82 Å². The van der Waals surface area contributed by atoms with Crippen LogP contribution >= 0.6 is 0 Å². The Bertz CT molecular complexity index is 666. The van der Waals surface area contributed by atoms with Gasteiger partial charge in [0.25, 0.3) is 0 Å². The summed E-state index contributed by atoms with van der Waals surface area (Å²) < 4.78 is 3.65. The predicted octanol–water partition coefficient (Wildman–Crippen LogP) is 1.38. The van der Waals surface area contributed by atoms with E-state index in [1.54, 1.807) is 4.68 Å². The molecule has 7 nitrogen and oxygen atoms in total. The Morgan fingerprint density at radius 2 is 1.82 bits per heavy atom. The summed E-state index contributed by atoms with van der Waals surface area (Å²) in [6.07, 6.45) is 0. The number of piperazine rings is 1. The molecule has 1 fully saturated rings. The smallest absolute Gasteiger partial charge is 0.369 e. The fourth-order valence-electron chi connectivity index (χ4n) is 2.58. The van der Waals surface area contributed by atoms with Crippen molar-refractivity contribution in [1.29, 1.82) is 0 Å². The first-order valence-electron chi connectivity index (χ1n) is 7.52. The van der Waals surface area contributed by atoms with E-state index in [1.807, 2.05) is 37.7 Å². The first-order valence-corrected chi connectivity index (χ1v) is 7.52. The topological polar surface area (TPSA) is 61.7 Å². The minimum Gasteiger partial charge on any atom is -0.369 e. The average Bonchev–Trinajstić information content (AvgIpc) is 2.79. The molecular weight excluding hydrogens is 278 g/mol. The van der Waals surface area contributed by atoms with E-state index in [-0.39, 0.29) is 0 Å². The maximum Gasteiger partial charge on any atom is 0.403 e. The molecule has 1 saturated heterocycles. The first kappa shape index (κ1) is 14.6. The molecule has 1 N–H and O–H groups in total. The second kappa shape index (κ2) is 6.23. The summed E-state index contributed by atoms with van der Waals surface area (Å²) in [5.41, 5.74) is 2.08. The zero-order valence-corrected chi connectivity index (χ0v) is 13.3. The van der Waals surface area contributed by atoms with E-state index in [4.69, 9.17) is 0 Å². The minimum absolute atomic E-state index is 0.726. The van der Waals surface area contributed by atoms with Gasteiger partial charge in [0, 0.05) is 43.9 Å². The third-order valence-corrected chi connectivity index (χ3v) is 3.96. The van der Waals surface area contributed by atoms with Crippen molar-refractivity contribution in [3.63, 3.8) is 0 Å². The molecule has 0 saturated carbocycles. The van der Waals surface area contributed by atoms with E-state index in [0.29, 0.717) is 0 Å². The van der Waals surface area contributed by atoms with Crippen LogP contribution in [0.2, 0.25) is 0 Å². The number of nitrogens with zero attached hydrogens (tertiary/aromatic N) is 6. The number of nitrogens with one attached hydrogen (secondary N) is 1. The lowest BCUT2D eigenvalue weighted by Gasteiger charge is -2.29. The maximum atomic E-state index is 4.31. The zero-order chi connectivity index (χ0) is 15.5. The Morgan fingerprint density at radius 3 is 2.41 bits per heavy atom. The van der Waals surface area contributed by atoms with Crippen molar-refractivity contribution in [2.24, 2.45) is 24.3 Å². The van der Waals surface area contributed by atoms with Gasteiger partial charge in [-0.3, -0.25) is 0 Å². The third kappa shape index (κ3) is 2.99. The highest BCUT2D eigenvalue weighted by molar-refractivity contribution is 5.53. The van der Waals surface area contributed by atoms with Crippen LogP contribution in [0, 0.1) is 6.92 Å². The van der Waals surface area contributed by atoms with Gasteiger partial charge in [-0.25, -0.2) is 4.57 Å². The first-order chi connectivity index (χ1) is 10.6. The molecular formula is C15H22N7+. The molecule has 1 aliphatic heterocycles. The summed E-state index contributed by atoms with van der Waals surface area (Å²) in [6.45, 7) is 6.12. The fourth-order valence-corrected chi connectivity index (χ4v) is 2.58. The van der Waals surface area contributed by atoms with E-state index in [1.165, 1.54) is 5.69 Å². The highest BCUT2D eigenvalue weighted by atomic mass is 15.4. The molecule has 2 heterocycles. The van der Waals surface area contributed by atoms with E-state index < -0.39 is 0 Å². The molecule has 0 bridgehead atoms. The number of azo groups is 1. The van der Waals surface area contributed by atoms with Crippen molar-refractivity contribution >= 4 is 17.3 Å². The van der Waals surface area contributed by atoms with Crippen molar-refractivity contribution in [2.75, 3.05) is 31.1 Å². The SMILES string of the molecule is Cc1nn(C)c(N=Nc2ccc(N3CCNCC3)cc2)[n+]1C. The van der Waals surface area contributed by atoms with Crippen LogP contribution in [0.15, 0.2) is 34.5 Å². The molecule has 0 amide bonds. The number of anilines is 1. The molecule has 0 spiro atoms. The summed E-state index contributed by atoms with van der Waals surface area (Å²) in [4.78, 5) is 2.38. The monoisotopic (exact) mass is 300 g/mol. The average molecular weight is 300 g/mol. The number of aryl methyl sites for hydroxylation is 2. The van der Waals surface area contributed by atoms with Crippen molar-refractivity contribution in [2.45, 2.75) is 6.92 Å². The van der Waals surface area contributed by atoms with Gasteiger partial charge in [-0.15, -0.1) is 4.68 Å². The lowest BCUT2D eigenvalue weighted by Crippen LogP contribution is -2.43. The Hall–Kier alpha value is -2.28. The summed E-state index contributed by atoms with van der Waals surface area (Å²) in [7, 11) is 3.80. The van der Waals surface area contributed by atoms with Crippen LogP contribution in [0.5, 0.6) is 0 Å². The predicted molar refractivity (Wildman–Crippen MR) is 84.8 cm³/mol. The highest BCUT2D eigenvalue weighted by Gasteiger charge is 2.16. The second-order valence-corrected chi connectivity index (χ2v) is 5.48. The van der Waals surface area contributed by atoms with Crippen LogP contribution in [0.3, 0.4) is 0 Å². The van der Waals surface area contributed by atoms with Crippen molar-refractivity contribution < 1.29 is 4.57 Å². The van der Waals surface area contributed by atoms with Crippen molar-refractivity contribution in [1.82, 2.24) is 15.1 Å². The number of benzene rings is 1. The van der Waals surface area contributed by atoms with Crippen LogP contribution in [-0.4, -0.2) is 36.0 Å². The number of hydrogen-bond donors (Lipinski definition) is 1. The molecule has 1 aromatic carbocycles. The second-order valence-electron chi connectivity index (χ2n) is 5.48. The van der Waals surface area contributed by atoms with Gasteiger partial charge in [-0.1, -0.05) is 5.11 Å². The normalized spacial score (nSPS) is 15.7. The third-order valence-electron chi connectivity index (χ3n) is 3.96. The Kier molecular flexibility index (Phi) is 4.15. The summed E-state index contributed by atoms with van der Waals surface area (Å²) in [5, 5.41) is 16.3. The Morgan fingerprint density at radius 1 is 1.14 bits per heavy atom. The molecule has 0 unspecified atom stereocenters. The van der Waals surface area contributed by atoms with Gasteiger partial charge in [-0.2, -0.15) is 0 Å². The zero-order valence-electron chi connectivity index (χ0n) is 13.3. The molecule has 0 aliphatic carbocycles. The number of hydrogen-bond acceptors (Lipinski definition) is 5. The standard InChI is InChI=1S/C15H22N7/c1-12-19-21(3)15(20(12)2)18-17-13-4-6-14(7-5-13)22-10-8-16-9-11-22/h4-7,16H,8-11H2,1-3H3/q+1. The van der Waals surface area contributed by atoms with Crippen LogP contribution in [0.4, 0.5) is 17.3 Å². The Balaban J connectivity index is 1.74. The van der Waals surface area contributed by atoms with Crippen molar-refractivity contribution in [3.05, 3.63) is 30.1 Å². The number of rotatable bonds is 3. The molecule has 22 heavy (non-hydrogen) atoms. The molecule has 0 atom stereocenters. The summed E-state index contributed by atoms with van der Waals surface area (Å²) in [5.74, 6) is 1.63. The van der Waals surface area contributed by atoms with Crippen LogP contribution < -0.4 is 14.8 Å². The molecule has 1 aromatic heterocycles. The maximum absolute atomic E-state index is 4.31. The molecule has 1 aliphatic rings. The lowest BCUT2D eigenvalue weighted by atomic mass is 10.2. The minimum atomic E-state index is 0.726. The van der Waals surface area contributed by atoms with Crippen LogP contribution in [0.25, 0.3) is 0 Å². The Labute approximate surface area is 130 Å². The van der Waals surface area contributed by atoms with Gasteiger partial charge in [0.05, 0.1) is 19.8 Å². The van der Waals surface area contributed by atoms with Gasteiger partial charge in [0.1, 0.15) is 0 Å².